The van der Waals surface area contributed by atoms with Gasteiger partial charge in [0.05, 0.1) is 24.3 Å². The van der Waals surface area contributed by atoms with Crippen LogP contribution in [0, 0.1) is 0 Å². The summed E-state index contributed by atoms with van der Waals surface area (Å²) in [6.07, 6.45) is -1.74. The Morgan fingerprint density at radius 2 is 1.18 bits per heavy atom. The first-order valence-electron chi connectivity index (χ1n) is 15.0. The van der Waals surface area contributed by atoms with Gasteiger partial charge >= 0.3 is 6.09 Å². The van der Waals surface area contributed by atoms with Crippen LogP contribution in [-0.4, -0.2) is 65.2 Å². The Kier molecular flexibility index (Phi) is 11.5. The molecule has 0 heterocycles. The molecule has 4 aromatic carbocycles. The summed E-state index contributed by atoms with van der Waals surface area (Å²) < 4.78 is 5.42. The van der Waals surface area contributed by atoms with Crippen molar-refractivity contribution in [3.8, 4) is 0 Å². The summed E-state index contributed by atoms with van der Waals surface area (Å²) in [5, 5.41) is 33.3. The highest BCUT2D eigenvalue weighted by atomic mass is 16.6. The number of nitrogens with one attached hydrogen (secondary N) is 3. The summed E-state index contributed by atoms with van der Waals surface area (Å²) in [7, 11) is 0. The highest BCUT2D eigenvalue weighted by Crippen LogP contribution is 2.17. The van der Waals surface area contributed by atoms with E-state index in [1.807, 2.05) is 97.1 Å². The molecular formula is C36H43N3O5. The second kappa shape index (κ2) is 15.5. The number of alkyl carbamates (subject to hydrolysis) is 1. The van der Waals surface area contributed by atoms with E-state index >= 15 is 0 Å². The normalized spacial score (nSPS) is 14.3. The molecule has 4 aromatic rings. The van der Waals surface area contributed by atoms with Gasteiger partial charge in [0.2, 0.25) is 0 Å². The maximum absolute atomic E-state index is 13.3. The van der Waals surface area contributed by atoms with E-state index in [2.05, 4.69) is 16.0 Å². The predicted molar refractivity (Wildman–Crippen MR) is 174 cm³/mol. The zero-order valence-corrected chi connectivity index (χ0v) is 25.6. The van der Waals surface area contributed by atoms with Gasteiger partial charge in [0, 0.05) is 18.7 Å². The molecule has 44 heavy (non-hydrogen) atoms. The van der Waals surface area contributed by atoms with Crippen LogP contribution in [0.15, 0.2) is 103 Å². The second-order valence-electron chi connectivity index (χ2n) is 12.1. The van der Waals surface area contributed by atoms with Gasteiger partial charge < -0.3 is 30.9 Å². The van der Waals surface area contributed by atoms with Crippen molar-refractivity contribution in [2.45, 2.75) is 63.5 Å². The van der Waals surface area contributed by atoms with Gasteiger partial charge in [0.15, 0.2) is 0 Å². The molecule has 0 aromatic heterocycles. The SMILES string of the molecule is CC(C)(C)OC(=O)N[C@@H](Cc1ccccc1)[C@H](O)CNC[C@@H](O)[C@H](Cc1ccccc1)NC(=O)c1ccc2ccccc2c1. The van der Waals surface area contributed by atoms with Crippen LogP contribution in [0.25, 0.3) is 10.8 Å². The Morgan fingerprint density at radius 3 is 1.73 bits per heavy atom. The number of aliphatic hydroxyl groups excluding tert-OH is 2. The molecule has 0 radical (unpaired) electrons. The molecule has 0 aliphatic rings. The van der Waals surface area contributed by atoms with Crippen LogP contribution >= 0.6 is 0 Å². The first kappa shape index (κ1) is 32.7. The van der Waals surface area contributed by atoms with Crippen LogP contribution in [-0.2, 0) is 17.6 Å². The van der Waals surface area contributed by atoms with Gasteiger partial charge in [-0.1, -0.05) is 91.0 Å². The van der Waals surface area contributed by atoms with E-state index in [4.69, 9.17) is 4.74 Å². The van der Waals surface area contributed by atoms with Crippen molar-refractivity contribution in [3.63, 3.8) is 0 Å². The number of carbonyl (C=O) groups excluding carboxylic acids is 2. The molecule has 2 amide bonds. The summed E-state index contributed by atoms with van der Waals surface area (Å²) in [6, 6.07) is 31.4. The number of benzene rings is 4. The zero-order valence-electron chi connectivity index (χ0n) is 25.6. The van der Waals surface area contributed by atoms with Crippen molar-refractivity contribution in [2.75, 3.05) is 13.1 Å². The Bertz CT molecular complexity index is 1490. The molecule has 0 saturated heterocycles. The predicted octanol–water partition coefficient (Wildman–Crippen LogP) is 4.63. The van der Waals surface area contributed by atoms with Crippen molar-refractivity contribution in [2.24, 2.45) is 0 Å². The molecular weight excluding hydrogens is 554 g/mol. The summed E-state index contributed by atoms with van der Waals surface area (Å²) in [6.45, 7) is 5.55. The molecule has 232 valence electrons. The van der Waals surface area contributed by atoms with E-state index in [-0.39, 0.29) is 19.0 Å². The first-order chi connectivity index (χ1) is 21.1. The fourth-order valence-electron chi connectivity index (χ4n) is 5.01. The quantitative estimate of drug-likeness (QED) is 0.153. The Labute approximate surface area is 259 Å². The molecule has 0 saturated carbocycles. The first-order valence-corrected chi connectivity index (χ1v) is 15.0. The number of hydrogen-bond donors (Lipinski definition) is 5. The molecule has 0 bridgehead atoms. The molecule has 4 rings (SSSR count). The van der Waals surface area contributed by atoms with Crippen LogP contribution < -0.4 is 16.0 Å². The monoisotopic (exact) mass is 597 g/mol. The third-order valence-corrected chi connectivity index (χ3v) is 7.26. The number of aliphatic hydroxyl groups is 2. The van der Waals surface area contributed by atoms with Crippen molar-refractivity contribution in [1.29, 1.82) is 0 Å². The number of rotatable bonds is 13. The molecule has 0 aliphatic heterocycles. The number of amides is 2. The Hall–Kier alpha value is -4.24. The average molecular weight is 598 g/mol. The lowest BCUT2D eigenvalue weighted by molar-refractivity contribution is 0.0416. The van der Waals surface area contributed by atoms with Gasteiger partial charge in [0.1, 0.15) is 5.60 Å². The molecule has 5 N–H and O–H groups in total. The minimum Gasteiger partial charge on any atom is -0.444 e. The summed E-state index contributed by atoms with van der Waals surface area (Å²) in [5.41, 5.74) is 1.75. The van der Waals surface area contributed by atoms with Crippen molar-refractivity contribution in [1.82, 2.24) is 16.0 Å². The van der Waals surface area contributed by atoms with Crippen LogP contribution in [0.5, 0.6) is 0 Å². The largest absolute Gasteiger partial charge is 0.444 e. The highest BCUT2D eigenvalue weighted by Gasteiger charge is 2.27. The fraction of sp³-hybridized carbons (Fsp3) is 0.333. The van der Waals surface area contributed by atoms with Crippen molar-refractivity contribution in [3.05, 3.63) is 120 Å². The average Bonchev–Trinajstić information content (AvgIpc) is 3.00. The minimum atomic E-state index is -0.977. The number of hydrogen-bond acceptors (Lipinski definition) is 6. The lowest BCUT2D eigenvalue weighted by Gasteiger charge is -2.28. The minimum absolute atomic E-state index is 0.0983. The number of fused-ring (bicyclic) bond motifs is 1. The molecule has 0 aliphatic carbocycles. The Morgan fingerprint density at radius 1 is 0.682 bits per heavy atom. The molecule has 0 fully saturated rings. The van der Waals surface area contributed by atoms with E-state index in [1.165, 1.54) is 0 Å². The van der Waals surface area contributed by atoms with E-state index < -0.39 is 36.0 Å². The molecule has 0 unspecified atom stereocenters. The Balaban J connectivity index is 1.41. The van der Waals surface area contributed by atoms with Crippen molar-refractivity contribution >= 4 is 22.8 Å². The van der Waals surface area contributed by atoms with Gasteiger partial charge in [-0.2, -0.15) is 0 Å². The molecule has 8 heteroatoms. The smallest absolute Gasteiger partial charge is 0.407 e. The van der Waals surface area contributed by atoms with E-state index in [1.54, 1.807) is 26.8 Å². The van der Waals surface area contributed by atoms with Crippen LogP contribution in [0.3, 0.4) is 0 Å². The number of carbonyl (C=O) groups is 2. The summed E-state index contributed by atoms with van der Waals surface area (Å²) in [4.78, 5) is 25.9. The standard InChI is InChI=1S/C36H43N3O5/c1-36(2,3)44-35(43)39-31(21-26-14-8-5-9-15-26)33(41)24-37-23-32(40)30(20-25-12-6-4-7-13-25)38-34(42)29-19-18-27-16-10-11-17-28(27)22-29/h4-19,22,30-33,37,40-41H,20-21,23-24H2,1-3H3,(H,38,42)(H,39,43)/t30-,31-,32+,33+/m0/s1. The van der Waals surface area contributed by atoms with Gasteiger partial charge in [-0.15, -0.1) is 0 Å². The van der Waals surface area contributed by atoms with Gasteiger partial charge in [-0.3, -0.25) is 4.79 Å². The molecule has 4 atom stereocenters. The van der Waals surface area contributed by atoms with Crippen LogP contribution in [0.1, 0.15) is 42.3 Å². The maximum atomic E-state index is 13.3. The lowest BCUT2D eigenvalue weighted by atomic mass is 9.99. The van der Waals surface area contributed by atoms with Gasteiger partial charge in [-0.05, 0) is 67.6 Å². The van der Waals surface area contributed by atoms with Crippen molar-refractivity contribution < 1.29 is 24.5 Å². The zero-order chi connectivity index (χ0) is 31.5. The molecule has 8 nitrogen and oxygen atoms in total. The van der Waals surface area contributed by atoms with E-state index in [0.717, 1.165) is 21.9 Å². The fourth-order valence-corrected chi connectivity index (χ4v) is 5.01. The van der Waals surface area contributed by atoms with Crippen LogP contribution in [0.4, 0.5) is 4.79 Å². The van der Waals surface area contributed by atoms with E-state index in [0.29, 0.717) is 18.4 Å². The van der Waals surface area contributed by atoms with Gasteiger partial charge in [0.25, 0.3) is 5.91 Å². The second-order valence-corrected chi connectivity index (χ2v) is 12.1. The van der Waals surface area contributed by atoms with Gasteiger partial charge in [-0.25, -0.2) is 4.79 Å². The third-order valence-electron chi connectivity index (χ3n) is 7.26. The lowest BCUT2D eigenvalue weighted by Crippen LogP contribution is -2.52. The maximum Gasteiger partial charge on any atom is 0.407 e. The van der Waals surface area contributed by atoms with E-state index in [9.17, 15) is 19.8 Å². The highest BCUT2D eigenvalue weighted by molar-refractivity contribution is 5.98. The number of ether oxygens (including phenoxy) is 1. The summed E-state index contributed by atoms with van der Waals surface area (Å²) in [5.74, 6) is -0.278. The third kappa shape index (κ3) is 10.2. The van der Waals surface area contributed by atoms with Crippen LogP contribution in [0.2, 0.25) is 0 Å². The molecule has 0 spiro atoms. The topological polar surface area (TPSA) is 120 Å². The summed E-state index contributed by atoms with van der Waals surface area (Å²) >= 11 is 0.